The smallest absolute Gasteiger partial charge is 0.473 e. The van der Waals surface area contributed by atoms with Gasteiger partial charge in [-0.1, -0.05) is 12.7 Å². The van der Waals surface area contributed by atoms with E-state index in [1.165, 1.54) is 0 Å². The van der Waals surface area contributed by atoms with Gasteiger partial charge < -0.3 is 9.84 Å². The molecular formula is C17H11F17O4. The Kier molecular flexibility index (Phi) is 9.35. The standard InChI is InChI=1S/C17H11F17O4/c1-6(4-3-5-8(35)36)9(37)38-17(33,34)16(31,32)15(29,30)14(27,28)13(25,26)12(23,24)11(21,22)10(19,20)7(2)18/h3,5,7H,1,4H2,2H3,(H,35,36). The van der Waals surface area contributed by atoms with E-state index in [2.05, 4.69) is 11.3 Å². The summed E-state index contributed by atoms with van der Waals surface area (Å²) in [5.41, 5.74) is -1.49. The number of carbonyl (C=O) groups excluding carboxylic acids is 1. The van der Waals surface area contributed by atoms with Crippen LogP contribution in [0.5, 0.6) is 0 Å². The van der Waals surface area contributed by atoms with Crippen LogP contribution in [0.4, 0.5) is 74.6 Å². The Balaban J connectivity index is 6.56. The number of alkyl halides is 17. The van der Waals surface area contributed by atoms with Crippen molar-refractivity contribution in [2.24, 2.45) is 0 Å². The van der Waals surface area contributed by atoms with Crippen molar-refractivity contribution in [3.05, 3.63) is 24.3 Å². The lowest BCUT2D eigenvalue weighted by Crippen LogP contribution is -2.75. The number of hydrogen-bond acceptors (Lipinski definition) is 3. The molecule has 0 radical (unpaired) electrons. The number of aliphatic carboxylic acids is 1. The van der Waals surface area contributed by atoms with E-state index in [0.29, 0.717) is 6.08 Å². The minimum atomic E-state index is -8.77. The van der Waals surface area contributed by atoms with Gasteiger partial charge in [-0.15, -0.1) is 0 Å². The highest BCUT2D eigenvalue weighted by Crippen LogP contribution is 2.64. The molecular weight excluding hydrogens is 591 g/mol. The van der Waals surface area contributed by atoms with E-state index in [0.717, 1.165) is 0 Å². The van der Waals surface area contributed by atoms with Gasteiger partial charge in [0.15, 0.2) is 6.17 Å². The second-order valence-electron chi connectivity index (χ2n) is 7.14. The molecule has 38 heavy (non-hydrogen) atoms. The first kappa shape index (κ1) is 35.2. The second kappa shape index (κ2) is 10.1. The number of allylic oxidation sites excluding steroid dienone is 1. The summed E-state index contributed by atoms with van der Waals surface area (Å²) in [6, 6.07) is 0. The van der Waals surface area contributed by atoms with Crippen molar-refractivity contribution in [1.29, 1.82) is 0 Å². The maximum absolute atomic E-state index is 13.7. The fraction of sp³-hybridized carbons (Fsp3) is 0.647. The molecule has 0 aromatic heterocycles. The highest BCUT2D eigenvalue weighted by Gasteiger charge is 2.95. The lowest BCUT2D eigenvalue weighted by Gasteiger charge is -2.43. The summed E-state index contributed by atoms with van der Waals surface area (Å²) >= 11 is 0. The number of halogens is 17. The van der Waals surface area contributed by atoms with Gasteiger partial charge in [-0.2, -0.15) is 70.2 Å². The third kappa shape index (κ3) is 5.23. The van der Waals surface area contributed by atoms with E-state index >= 15 is 0 Å². The Morgan fingerprint density at radius 3 is 1.42 bits per heavy atom. The molecule has 0 bridgehead atoms. The van der Waals surface area contributed by atoms with Gasteiger partial charge >= 0.3 is 59.5 Å². The molecule has 21 heteroatoms. The second-order valence-corrected chi connectivity index (χ2v) is 7.14. The number of carboxylic acids is 1. The maximum atomic E-state index is 13.7. The van der Waals surface area contributed by atoms with Gasteiger partial charge in [-0.05, 0) is 13.3 Å². The lowest BCUT2D eigenvalue weighted by molar-refractivity contribution is -0.469. The van der Waals surface area contributed by atoms with Crippen molar-refractivity contribution in [3.63, 3.8) is 0 Å². The Bertz CT molecular complexity index is 952. The molecule has 0 saturated carbocycles. The first-order chi connectivity index (χ1) is 16.4. The summed E-state index contributed by atoms with van der Waals surface area (Å²) in [6.45, 7) is 1.82. The lowest BCUT2D eigenvalue weighted by atomic mass is 9.88. The largest absolute Gasteiger partial charge is 0.478 e. The van der Waals surface area contributed by atoms with Gasteiger partial charge in [-0.3, -0.25) is 0 Å². The molecule has 0 fully saturated rings. The fourth-order valence-corrected chi connectivity index (χ4v) is 2.07. The molecule has 0 aliphatic rings. The monoisotopic (exact) mass is 602 g/mol. The summed E-state index contributed by atoms with van der Waals surface area (Å²) in [7, 11) is 0. The van der Waals surface area contributed by atoms with Crippen LogP contribution in [0.15, 0.2) is 24.3 Å². The first-order valence-electron chi connectivity index (χ1n) is 8.89. The van der Waals surface area contributed by atoms with Crippen molar-refractivity contribution in [2.45, 2.75) is 67.1 Å². The van der Waals surface area contributed by atoms with E-state index < -0.39 is 84.6 Å². The number of hydrogen-bond donors (Lipinski definition) is 1. The summed E-state index contributed by atoms with van der Waals surface area (Å²) in [4.78, 5) is 21.5. The molecule has 1 unspecified atom stereocenters. The zero-order valence-electron chi connectivity index (χ0n) is 17.7. The van der Waals surface area contributed by atoms with Crippen LogP contribution in [0.2, 0.25) is 0 Å². The number of rotatable bonds is 13. The molecule has 0 aromatic rings. The summed E-state index contributed by atoms with van der Waals surface area (Å²) in [5.74, 6) is -62.6. The molecule has 0 spiro atoms. The maximum Gasteiger partial charge on any atom is 0.473 e. The molecule has 0 aliphatic heterocycles. The zero-order valence-corrected chi connectivity index (χ0v) is 17.7. The van der Waals surface area contributed by atoms with Crippen LogP contribution in [0, 0.1) is 0 Å². The van der Waals surface area contributed by atoms with E-state index in [9.17, 15) is 84.2 Å². The van der Waals surface area contributed by atoms with E-state index in [1.807, 2.05) is 0 Å². The summed E-state index contributed by atoms with van der Waals surface area (Å²) in [6.07, 6.45) is -12.6. The molecule has 0 saturated heterocycles. The van der Waals surface area contributed by atoms with Gasteiger partial charge in [-0.25, -0.2) is 14.0 Å². The van der Waals surface area contributed by atoms with Crippen LogP contribution in [0.25, 0.3) is 0 Å². The van der Waals surface area contributed by atoms with E-state index in [1.54, 1.807) is 0 Å². The SMILES string of the molecule is C=C(CC=CC(=O)O)C(=O)OC(F)(F)C(F)(F)C(F)(F)C(F)(F)C(F)(F)C(F)(F)C(F)(F)C(F)(F)C(C)F. The molecule has 0 rings (SSSR count). The Morgan fingerprint density at radius 1 is 0.737 bits per heavy atom. The summed E-state index contributed by atoms with van der Waals surface area (Å²) < 4.78 is 231. The fourth-order valence-electron chi connectivity index (χ4n) is 2.07. The zero-order chi connectivity index (χ0) is 31.1. The van der Waals surface area contributed by atoms with Crippen LogP contribution in [0.1, 0.15) is 13.3 Å². The normalized spacial score (nSPS) is 15.9. The minimum Gasteiger partial charge on any atom is -0.478 e. The molecule has 0 heterocycles. The molecule has 0 aliphatic carbocycles. The predicted molar refractivity (Wildman–Crippen MR) is 86.8 cm³/mol. The van der Waals surface area contributed by atoms with E-state index in [-0.39, 0.29) is 6.08 Å². The summed E-state index contributed by atoms with van der Waals surface area (Å²) in [5, 5.41) is 8.24. The van der Waals surface area contributed by atoms with Gasteiger partial charge in [0, 0.05) is 11.6 Å². The Morgan fingerprint density at radius 2 is 1.08 bits per heavy atom. The Hall–Kier alpha value is -2.77. The molecule has 0 aromatic carbocycles. The average Bonchev–Trinajstić information content (AvgIpc) is 2.71. The quantitative estimate of drug-likeness (QED) is 0.148. The van der Waals surface area contributed by atoms with Crippen molar-refractivity contribution in [3.8, 4) is 0 Å². The third-order valence-corrected chi connectivity index (χ3v) is 4.39. The first-order valence-corrected chi connectivity index (χ1v) is 8.89. The minimum absolute atomic E-state index is 0.172. The van der Waals surface area contributed by atoms with Gasteiger partial charge in [0.25, 0.3) is 0 Å². The third-order valence-electron chi connectivity index (χ3n) is 4.39. The van der Waals surface area contributed by atoms with Crippen LogP contribution in [-0.4, -0.2) is 70.8 Å². The molecule has 222 valence electrons. The van der Waals surface area contributed by atoms with Crippen molar-refractivity contribution >= 4 is 11.9 Å². The van der Waals surface area contributed by atoms with Crippen LogP contribution < -0.4 is 0 Å². The highest BCUT2D eigenvalue weighted by atomic mass is 19.4. The predicted octanol–water partition coefficient (Wildman–Crippen LogP) is 6.51. The highest BCUT2D eigenvalue weighted by molar-refractivity contribution is 5.88. The Labute approximate surface area is 198 Å². The van der Waals surface area contributed by atoms with E-state index in [4.69, 9.17) is 5.11 Å². The number of ether oxygens (including phenoxy) is 1. The van der Waals surface area contributed by atoms with Gasteiger partial charge in [0.1, 0.15) is 0 Å². The van der Waals surface area contributed by atoms with Gasteiger partial charge in [0.2, 0.25) is 0 Å². The number of carbonyl (C=O) groups is 2. The van der Waals surface area contributed by atoms with Crippen molar-refractivity contribution in [1.82, 2.24) is 0 Å². The number of carboxylic acid groups (broad SMARTS) is 1. The topological polar surface area (TPSA) is 63.6 Å². The molecule has 1 atom stereocenters. The van der Waals surface area contributed by atoms with Crippen LogP contribution >= 0.6 is 0 Å². The molecule has 1 N–H and O–H groups in total. The molecule has 4 nitrogen and oxygen atoms in total. The van der Waals surface area contributed by atoms with Crippen LogP contribution in [0.3, 0.4) is 0 Å². The molecule has 0 amide bonds. The van der Waals surface area contributed by atoms with Crippen LogP contribution in [-0.2, 0) is 14.3 Å². The van der Waals surface area contributed by atoms with Crippen molar-refractivity contribution < 1.29 is 94.1 Å². The van der Waals surface area contributed by atoms with Gasteiger partial charge in [0.05, 0.1) is 0 Å². The average molecular weight is 602 g/mol. The van der Waals surface area contributed by atoms with Crippen molar-refractivity contribution in [2.75, 3.05) is 0 Å². The number of esters is 1.